The summed E-state index contributed by atoms with van der Waals surface area (Å²) in [7, 11) is -3.19. The van der Waals surface area contributed by atoms with Gasteiger partial charge in [0.15, 0.2) is 0 Å². The van der Waals surface area contributed by atoms with E-state index in [0.717, 1.165) is 0 Å². The quantitative estimate of drug-likeness (QED) is 0.585. The molecular formula is C9H16ClNO3S. The highest BCUT2D eigenvalue weighted by Gasteiger charge is 2.26. The van der Waals surface area contributed by atoms with E-state index in [1.165, 1.54) is 0 Å². The van der Waals surface area contributed by atoms with E-state index in [0.29, 0.717) is 38.5 Å². The minimum Gasteiger partial charge on any atom is -0.381 e. The zero-order chi connectivity index (χ0) is 11.1. The topological polar surface area (TPSA) is 55.4 Å². The smallest absolute Gasteiger partial charge is 0.214 e. The van der Waals surface area contributed by atoms with Crippen LogP contribution in [0.2, 0.25) is 0 Å². The van der Waals surface area contributed by atoms with Crippen LogP contribution in [0.1, 0.15) is 12.8 Å². The van der Waals surface area contributed by atoms with Gasteiger partial charge in [0.05, 0.1) is 5.25 Å². The third-order valence-electron chi connectivity index (χ3n) is 2.27. The molecule has 4 nitrogen and oxygen atoms in total. The van der Waals surface area contributed by atoms with Gasteiger partial charge < -0.3 is 4.74 Å². The number of nitrogens with one attached hydrogen (secondary N) is 1. The predicted molar refractivity (Wildman–Crippen MR) is 60.6 cm³/mol. The van der Waals surface area contributed by atoms with Crippen molar-refractivity contribution in [1.29, 1.82) is 0 Å². The van der Waals surface area contributed by atoms with Gasteiger partial charge in [0.2, 0.25) is 10.0 Å². The van der Waals surface area contributed by atoms with Gasteiger partial charge in [0.25, 0.3) is 0 Å². The minimum absolute atomic E-state index is 0.310. The van der Waals surface area contributed by atoms with Gasteiger partial charge in [-0.2, -0.15) is 0 Å². The average molecular weight is 254 g/mol. The molecule has 0 aromatic rings. The lowest BCUT2D eigenvalue weighted by molar-refractivity contribution is 0.0982. The zero-order valence-electron chi connectivity index (χ0n) is 8.49. The summed E-state index contributed by atoms with van der Waals surface area (Å²) in [6.45, 7) is 1.37. The zero-order valence-corrected chi connectivity index (χ0v) is 10.1. The molecular weight excluding hydrogens is 238 g/mol. The Morgan fingerprint density at radius 2 is 2.00 bits per heavy atom. The van der Waals surface area contributed by atoms with Crippen molar-refractivity contribution in [2.24, 2.45) is 0 Å². The van der Waals surface area contributed by atoms with Crippen molar-refractivity contribution < 1.29 is 13.2 Å². The number of sulfonamides is 1. The van der Waals surface area contributed by atoms with E-state index in [9.17, 15) is 8.42 Å². The Morgan fingerprint density at radius 1 is 1.33 bits per heavy atom. The Kier molecular flexibility index (Phi) is 5.60. The first kappa shape index (κ1) is 13.0. The molecule has 0 amide bonds. The van der Waals surface area contributed by atoms with E-state index in [2.05, 4.69) is 4.72 Å². The van der Waals surface area contributed by atoms with Gasteiger partial charge in [-0.15, -0.1) is 11.6 Å². The fourth-order valence-electron chi connectivity index (χ4n) is 1.41. The number of halogens is 1. The van der Waals surface area contributed by atoms with Gasteiger partial charge in [-0.1, -0.05) is 12.2 Å². The third-order valence-corrected chi connectivity index (χ3v) is 4.36. The van der Waals surface area contributed by atoms with Crippen molar-refractivity contribution in [2.45, 2.75) is 18.1 Å². The van der Waals surface area contributed by atoms with Gasteiger partial charge in [0, 0.05) is 25.6 Å². The van der Waals surface area contributed by atoms with Crippen LogP contribution >= 0.6 is 11.6 Å². The number of alkyl halides is 1. The van der Waals surface area contributed by atoms with Gasteiger partial charge in [-0.25, -0.2) is 13.1 Å². The van der Waals surface area contributed by atoms with Crippen LogP contribution in [0.25, 0.3) is 0 Å². The highest BCUT2D eigenvalue weighted by molar-refractivity contribution is 7.90. The number of rotatable bonds is 5. The van der Waals surface area contributed by atoms with E-state index in [1.807, 2.05) is 0 Å². The Balaban J connectivity index is 2.40. The van der Waals surface area contributed by atoms with Crippen LogP contribution in [0.15, 0.2) is 12.2 Å². The molecule has 88 valence electrons. The van der Waals surface area contributed by atoms with Crippen molar-refractivity contribution in [3.05, 3.63) is 12.2 Å². The van der Waals surface area contributed by atoms with E-state index >= 15 is 0 Å². The lowest BCUT2D eigenvalue weighted by Crippen LogP contribution is -2.38. The third kappa shape index (κ3) is 4.51. The second kappa shape index (κ2) is 6.48. The summed E-state index contributed by atoms with van der Waals surface area (Å²) in [4.78, 5) is 0. The molecule has 0 spiro atoms. The summed E-state index contributed by atoms with van der Waals surface area (Å²) in [6, 6.07) is 0. The molecule has 1 rings (SSSR count). The number of hydrogen-bond acceptors (Lipinski definition) is 3. The SMILES string of the molecule is O=S(=O)(NC/C=C/CCl)C1CCOCC1. The number of hydrogen-bond donors (Lipinski definition) is 1. The second-order valence-corrected chi connectivity index (χ2v) is 5.68. The van der Waals surface area contributed by atoms with Crippen LogP contribution < -0.4 is 4.72 Å². The highest BCUT2D eigenvalue weighted by Crippen LogP contribution is 2.14. The average Bonchev–Trinajstić information content (AvgIpc) is 2.26. The standard InChI is InChI=1S/C9H16ClNO3S/c10-5-1-2-6-11-15(12,13)9-3-7-14-8-4-9/h1-2,9,11H,3-8H2/b2-1+. The molecule has 1 saturated heterocycles. The van der Waals surface area contributed by atoms with E-state index in [4.69, 9.17) is 16.3 Å². The summed E-state index contributed by atoms with van der Waals surface area (Å²) in [5.74, 6) is 0.402. The summed E-state index contributed by atoms with van der Waals surface area (Å²) in [5.41, 5.74) is 0. The fraction of sp³-hybridized carbons (Fsp3) is 0.778. The second-order valence-electron chi connectivity index (χ2n) is 3.33. The molecule has 6 heteroatoms. The lowest BCUT2D eigenvalue weighted by Gasteiger charge is -2.21. The Hall–Kier alpha value is -0.100. The summed E-state index contributed by atoms with van der Waals surface area (Å²) in [6.07, 6.45) is 4.58. The first-order chi connectivity index (χ1) is 7.17. The summed E-state index contributed by atoms with van der Waals surface area (Å²) >= 11 is 5.42. The van der Waals surface area contributed by atoms with E-state index in [-0.39, 0.29) is 5.25 Å². The lowest BCUT2D eigenvalue weighted by atomic mass is 10.2. The van der Waals surface area contributed by atoms with Crippen molar-refractivity contribution >= 4 is 21.6 Å². The van der Waals surface area contributed by atoms with Crippen molar-refractivity contribution in [1.82, 2.24) is 4.72 Å². The fourth-order valence-corrected chi connectivity index (χ4v) is 2.92. The van der Waals surface area contributed by atoms with Crippen LogP contribution in [0.3, 0.4) is 0 Å². The Labute approximate surface area is 95.7 Å². The summed E-state index contributed by atoms with van der Waals surface area (Å²) < 4.78 is 31.1. The molecule has 0 aromatic carbocycles. The molecule has 1 heterocycles. The van der Waals surface area contributed by atoms with Crippen LogP contribution in [-0.4, -0.2) is 39.3 Å². The molecule has 0 unspecified atom stereocenters. The molecule has 0 atom stereocenters. The normalized spacial score (nSPS) is 19.8. The largest absolute Gasteiger partial charge is 0.381 e. The van der Waals surface area contributed by atoms with Crippen LogP contribution in [0.5, 0.6) is 0 Å². The maximum absolute atomic E-state index is 11.7. The number of ether oxygens (including phenoxy) is 1. The van der Waals surface area contributed by atoms with Crippen LogP contribution in [0.4, 0.5) is 0 Å². The molecule has 1 fully saturated rings. The van der Waals surface area contributed by atoms with Gasteiger partial charge in [-0.3, -0.25) is 0 Å². The molecule has 0 saturated carbocycles. The number of allylic oxidation sites excluding steroid dienone is 1. The van der Waals surface area contributed by atoms with Crippen LogP contribution in [-0.2, 0) is 14.8 Å². The molecule has 1 aliphatic heterocycles. The molecule has 0 aliphatic carbocycles. The molecule has 1 aliphatic rings. The first-order valence-electron chi connectivity index (χ1n) is 4.94. The first-order valence-corrected chi connectivity index (χ1v) is 7.02. The van der Waals surface area contributed by atoms with Crippen LogP contribution in [0, 0.1) is 0 Å². The Bertz CT molecular complexity index is 296. The monoisotopic (exact) mass is 253 g/mol. The predicted octanol–water partition coefficient (Wildman–Crippen LogP) is 0.880. The van der Waals surface area contributed by atoms with Crippen molar-refractivity contribution in [3.63, 3.8) is 0 Å². The Morgan fingerprint density at radius 3 is 2.60 bits per heavy atom. The maximum atomic E-state index is 11.7. The summed E-state index contributed by atoms with van der Waals surface area (Å²) in [5, 5.41) is -0.310. The maximum Gasteiger partial charge on any atom is 0.214 e. The molecule has 0 aromatic heterocycles. The van der Waals surface area contributed by atoms with Crippen molar-refractivity contribution in [2.75, 3.05) is 25.6 Å². The van der Waals surface area contributed by atoms with E-state index < -0.39 is 10.0 Å². The molecule has 15 heavy (non-hydrogen) atoms. The highest BCUT2D eigenvalue weighted by atomic mass is 35.5. The van der Waals surface area contributed by atoms with E-state index in [1.54, 1.807) is 12.2 Å². The minimum atomic E-state index is -3.19. The molecule has 0 radical (unpaired) electrons. The van der Waals surface area contributed by atoms with Gasteiger partial charge in [0.1, 0.15) is 0 Å². The van der Waals surface area contributed by atoms with Gasteiger partial charge >= 0.3 is 0 Å². The molecule has 0 bridgehead atoms. The molecule has 1 N–H and O–H groups in total. The van der Waals surface area contributed by atoms with Crippen molar-refractivity contribution in [3.8, 4) is 0 Å². The van der Waals surface area contributed by atoms with Gasteiger partial charge in [-0.05, 0) is 12.8 Å².